The fraction of sp³-hybridized carbons (Fsp3) is 0.917. The van der Waals surface area contributed by atoms with Gasteiger partial charge in [0.1, 0.15) is 0 Å². The van der Waals surface area contributed by atoms with Gasteiger partial charge in [0.15, 0.2) is 0 Å². The van der Waals surface area contributed by atoms with Gasteiger partial charge in [-0.3, -0.25) is 9.69 Å². The van der Waals surface area contributed by atoms with Gasteiger partial charge in [-0.05, 0) is 32.7 Å². The first-order valence-electron chi connectivity index (χ1n) is 6.26. The Morgan fingerprint density at radius 3 is 2.81 bits per heavy atom. The molecule has 0 aromatic rings. The molecule has 2 aliphatic rings. The molecule has 0 aromatic carbocycles. The van der Waals surface area contributed by atoms with E-state index in [2.05, 4.69) is 17.1 Å². The van der Waals surface area contributed by atoms with Crippen LogP contribution >= 0.6 is 0 Å². The summed E-state index contributed by atoms with van der Waals surface area (Å²) in [5.74, 6) is -0.109. The molecule has 1 aliphatic carbocycles. The predicted octanol–water partition coefficient (Wildman–Crippen LogP) is 0.764. The lowest BCUT2D eigenvalue weighted by molar-refractivity contribution is -0.141. The highest BCUT2D eigenvalue weighted by Crippen LogP contribution is 2.30. The summed E-state index contributed by atoms with van der Waals surface area (Å²) in [6, 6.07) is 1.68. The molecule has 92 valence electrons. The molecule has 0 bridgehead atoms. The topological polar surface area (TPSA) is 41.6 Å². The number of hydrogen-bond acceptors (Lipinski definition) is 4. The maximum atomic E-state index is 11.3. The molecule has 1 heterocycles. The summed E-state index contributed by atoms with van der Waals surface area (Å²) >= 11 is 0. The van der Waals surface area contributed by atoms with E-state index in [1.54, 1.807) is 0 Å². The van der Waals surface area contributed by atoms with Gasteiger partial charge in [0.05, 0.1) is 13.5 Å². The minimum atomic E-state index is -0.109. The zero-order chi connectivity index (χ0) is 11.5. The molecule has 2 unspecified atom stereocenters. The number of hydrogen-bond donors (Lipinski definition) is 1. The number of esters is 1. The first-order chi connectivity index (χ1) is 7.70. The molecule has 0 aromatic heterocycles. The molecule has 1 saturated carbocycles. The molecule has 1 N–H and O–H groups in total. The van der Waals surface area contributed by atoms with Crippen molar-refractivity contribution >= 4 is 5.97 Å². The van der Waals surface area contributed by atoms with E-state index < -0.39 is 0 Å². The van der Waals surface area contributed by atoms with Gasteiger partial charge in [-0.2, -0.15) is 0 Å². The monoisotopic (exact) mass is 226 g/mol. The minimum absolute atomic E-state index is 0.109. The summed E-state index contributed by atoms with van der Waals surface area (Å²) in [6.07, 6.45) is 4.32. The van der Waals surface area contributed by atoms with Crippen LogP contribution in [0.1, 0.15) is 32.6 Å². The largest absolute Gasteiger partial charge is 0.469 e. The molecule has 0 spiro atoms. The maximum absolute atomic E-state index is 11.3. The van der Waals surface area contributed by atoms with Gasteiger partial charge < -0.3 is 10.1 Å². The lowest BCUT2D eigenvalue weighted by atomic mass is 10.2. The fourth-order valence-corrected chi connectivity index (χ4v) is 2.50. The summed E-state index contributed by atoms with van der Waals surface area (Å²) in [7, 11) is 1.46. The van der Waals surface area contributed by atoms with E-state index in [9.17, 15) is 4.79 Å². The number of nitrogens with zero attached hydrogens (tertiary/aromatic N) is 1. The van der Waals surface area contributed by atoms with E-state index in [1.165, 1.54) is 26.4 Å². The quantitative estimate of drug-likeness (QED) is 0.722. The first kappa shape index (κ1) is 11.9. The van der Waals surface area contributed by atoms with Crippen LogP contribution in [-0.4, -0.2) is 49.2 Å². The Morgan fingerprint density at radius 2 is 2.19 bits per heavy atom. The molecular formula is C12H22N2O2. The smallest absolute Gasteiger partial charge is 0.307 e. The number of nitrogens with one attached hydrogen (secondary N) is 1. The summed E-state index contributed by atoms with van der Waals surface area (Å²) in [6.45, 7) is 4.29. The third-order valence-corrected chi connectivity index (χ3v) is 3.65. The molecule has 0 amide bonds. The van der Waals surface area contributed by atoms with Gasteiger partial charge in [0.25, 0.3) is 0 Å². The Balaban J connectivity index is 1.91. The van der Waals surface area contributed by atoms with Crippen LogP contribution in [0.4, 0.5) is 0 Å². The van der Waals surface area contributed by atoms with Gasteiger partial charge in [-0.25, -0.2) is 0 Å². The van der Waals surface area contributed by atoms with Crippen molar-refractivity contribution in [1.82, 2.24) is 10.2 Å². The molecular weight excluding hydrogens is 204 g/mol. The van der Waals surface area contributed by atoms with Crippen LogP contribution in [0.2, 0.25) is 0 Å². The third-order valence-electron chi connectivity index (χ3n) is 3.65. The zero-order valence-corrected chi connectivity index (χ0v) is 10.2. The van der Waals surface area contributed by atoms with E-state index in [1.807, 2.05) is 0 Å². The summed E-state index contributed by atoms with van der Waals surface area (Å²) in [5.41, 5.74) is 0. The Kier molecular flexibility index (Phi) is 3.82. The van der Waals surface area contributed by atoms with Crippen LogP contribution in [0.15, 0.2) is 0 Å². The molecule has 2 fully saturated rings. The highest BCUT2D eigenvalue weighted by molar-refractivity contribution is 5.69. The number of carbonyl (C=O) groups is 1. The average Bonchev–Trinajstić information content (AvgIpc) is 3.07. The van der Waals surface area contributed by atoms with E-state index >= 15 is 0 Å². The van der Waals surface area contributed by atoms with E-state index in [0.717, 1.165) is 19.1 Å². The van der Waals surface area contributed by atoms with Crippen LogP contribution in [0, 0.1) is 0 Å². The van der Waals surface area contributed by atoms with Crippen LogP contribution in [0.5, 0.6) is 0 Å². The number of rotatable bonds is 3. The number of ether oxygens (including phenoxy) is 1. The Labute approximate surface area is 97.3 Å². The maximum Gasteiger partial charge on any atom is 0.307 e. The normalized spacial score (nSPS) is 32.1. The second kappa shape index (κ2) is 5.15. The summed E-state index contributed by atoms with van der Waals surface area (Å²) in [4.78, 5) is 13.8. The average molecular weight is 226 g/mol. The summed E-state index contributed by atoms with van der Waals surface area (Å²) < 4.78 is 4.73. The van der Waals surface area contributed by atoms with E-state index in [4.69, 9.17) is 4.74 Å². The predicted molar refractivity (Wildman–Crippen MR) is 62.2 cm³/mol. The molecule has 0 radical (unpaired) electrons. The molecule has 1 aliphatic heterocycles. The standard InChI is InChI=1S/C12H22N2O2/c1-9-5-6-13-10(7-12(15)16-2)8-14(9)11-3-4-11/h9-11,13H,3-8H2,1-2H3. The van der Waals surface area contributed by atoms with Crippen molar-refractivity contribution in [2.45, 2.75) is 50.7 Å². The van der Waals surface area contributed by atoms with Crippen molar-refractivity contribution < 1.29 is 9.53 Å². The van der Waals surface area contributed by atoms with Crippen molar-refractivity contribution in [1.29, 1.82) is 0 Å². The van der Waals surface area contributed by atoms with Gasteiger partial charge in [-0.1, -0.05) is 0 Å². The van der Waals surface area contributed by atoms with Crippen molar-refractivity contribution in [2.24, 2.45) is 0 Å². The number of methoxy groups -OCH3 is 1. The van der Waals surface area contributed by atoms with E-state index in [-0.39, 0.29) is 12.0 Å². The highest BCUT2D eigenvalue weighted by Gasteiger charge is 2.35. The van der Waals surface area contributed by atoms with Crippen molar-refractivity contribution in [2.75, 3.05) is 20.2 Å². The SMILES string of the molecule is COC(=O)CC1CN(C2CC2)C(C)CCN1. The molecule has 1 saturated heterocycles. The second-order valence-corrected chi connectivity index (χ2v) is 5.00. The second-order valence-electron chi connectivity index (χ2n) is 5.00. The van der Waals surface area contributed by atoms with Crippen molar-refractivity contribution in [3.63, 3.8) is 0 Å². The van der Waals surface area contributed by atoms with Gasteiger partial charge in [-0.15, -0.1) is 0 Å². The molecule has 2 atom stereocenters. The third kappa shape index (κ3) is 2.95. The minimum Gasteiger partial charge on any atom is -0.469 e. The van der Waals surface area contributed by atoms with Crippen LogP contribution < -0.4 is 5.32 Å². The Hall–Kier alpha value is -0.610. The van der Waals surface area contributed by atoms with Gasteiger partial charge in [0.2, 0.25) is 0 Å². The van der Waals surface area contributed by atoms with Gasteiger partial charge in [0, 0.05) is 24.7 Å². The Morgan fingerprint density at radius 1 is 1.44 bits per heavy atom. The highest BCUT2D eigenvalue weighted by atomic mass is 16.5. The van der Waals surface area contributed by atoms with Crippen LogP contribution in [0.3, 0.4) is 0 Å². The Bertz CT molecular complexity index is 253. The molecule has 2 rings (SSSR count). The lowest BCUT2D eigenvalue weighted by Gasteiger charge is -2.28. The van der Waals surface area contributed by atoms with Gasteiger partial charge >= 0.3 is 5.97 Å². The van der Waals surface area contributed by atoms with Crippen LogP contribution in [-0.2, 0) is 9.53 Å². The van der Waals surface area contributed by atoms with E-state index in [0.29, 0.717) is 12.5 Å². The van der Waals surface area contributed by atoms with Crippen molar-refractivity contribution in [3.8, 4) is 0 Å². The molecule has 4 nitrogen and oxygen atoms in total. The zero-order valence-electron chi connectivity index (χ0n) is 10.2. The molecule has 4 heteroatoms. The lowest BCUT2D eigenvalue weighted by Crippen LogP contribution is -2.42. The summed E-state index contributed by atoms with van der Waals surface area (Å²) in [5, 5.41) is 3.45. The van der Waals surface area contributed by atoms with Crippen LogP contribution in [0.25, 0.3) is 0 Å². The van der Waals surface area contributed by atoms with Crippen molar-refractivity contribution in [3.05, 3.63) is 0 Å². The molecule has 16 heavy (non-hydrogen) atoms. The number of carbonyl (C=O) groups excluding carboxylic acids is 1. The first-order valence-corrected chi connectivity index (χ1v) is 6.26. The fourth-order valence-electron chi connectivity index (χ4n) is 2.50.